The maximum Gasteiger partial charge on any atom is 0.250 e. The van der Waals surface area contributed by atoms with Gasteiger partial charge in [0, 0.05) is 30.2 Å². The summed E-state index contributed by atoms with van der Waals surface area (Å²) in [5.41, 5.74) is -0.163. The van der Waals surface area contributed by atoms with Crippen molar-refractivity contribution in [2.24, 2.45) is 5.92 Å². The van der Waals surface area contributed by atoms with E-state index in [0.29, 0.717) is 13.1 Å². The van der Waals surface area contributed by atoms with Crippen LogP contribution in [0.4, 0.5) is 0 Å². The SMILES string of the molecule is O=C(Cn1ccccc1=O)N1CCC([C@@H](O)c2cccs2)CC1. The molecule has 0 aromatic carbocycles. The standard InChI is InChI=1S/C17H20N2O3S/c20-15-5-1-2-8-19(15)12-16(21)18-9-6-13(7-10-18)17(22)14-4-3-11-23-14/h1-5,8,11,13,17,22H,6-7,9-10,12H2/t17-/m1/s1. The summed E-state index contributed by atoms with van der Waals surface area (Å²) in [4.78, 5) is 26.8. The van der Waals surface area contributed by atoms with Gasteiger partial charge in [-0.3, -0.25) is 9.59 Å². The van der Waals surface area contributed by atoms with Gasteiger partial charge < -0.3 is 14.6 Å². The number of aromatic nitrogens is 1. The van der Waals surface area contributed by atoms with Gasteiger partial charge in [0.15, 0.2) is 0 Å². The molecule has 122 valence electrons. The molecular formula is C17H20N2O3S. The molecule has 6 heteroatoms. The molecule has 1 fully saturated rings. The predicted octanol–water partition coefficient (Wildman–Crippen LogP) is 1.88. The van der Waals surface area contributed by atoms with Crippen LogP contribution in [0.5, 0.6) is 0 Å². The number of hydrogen-bond acceptors (Lipinski definition) is 4. The second-order valence-corrected chi connectivity index (χ2v) is 6.82. The van der Waals surface area contributed by atoms with Crippen LogP contribution in [0.15, 0.2) is 46.7 Å². The second-order valence-electron chi connectivity index (χ2n) is 5.85. The molecule has 1 aliphatic rings. The summed E-state index contributed by atoms with van der Waals surface area (Å²) in [7, 11) is 0. The first-order valence-electron chi connectivity index (χ1n) is 7.80. The number of carbonyl (C=O) groups excluding carboxylic acids is 1. The van der Waals surface area contributed by atoms with Crippen molar-refractivity contribution in [3.63, 3.8) is 0 Å². The lowest BCUT2D eigenvalue weighted by atomic mass is 9.90. The fourth-order valence-corrected chi connectivity index (χ4v) is 3.80. The number of hydrogen-bond donors (Lipinski definition) is 1. The Balaban J connectivity index is 1.55. The summed E-state index contributed by atoms with van der Waals surface area (Å²) in [6.45, 7) is 1.35. The summed E-state index contributed by atoms with van der Waals surface area (Å²) in [5.74, 6) is 0.152. The first-order chi connectivity index (χ1) is 11.1. The van der Waals surface area contributed by atoms with Crippen molar-refractivity contribution < 1.29 is 9.90 Å². The summed E-state index contributed by atoms with van der Waals surface area (Å²) < 4.78 is 1.43. The van der Waals surface area contributed by atoms with Crippen LogP contribution >= 0.6 is 11.3 Å². The zero-order chi connectivity index (χ0) is 16.2. The van der Waals surface area contributed by atoms with E-state index in [9.17, 15) is 14.7 Å². The molecule has 0 aliphatic carbocycles. The number of pyridine rings is 1. The molecule has 0 unspecified atom stereocenters. The number of rotatable bonds is 4. The van der Waals surface area contributed by atoms with E-state index in [4.69, 9.17) is 0 Å². The third kappa shape index (κ3) is 3.71. The number of nitrogens with zero attached hydrogens (tertiary/aromatic N) is 2. The Kier molecular flexibility index (Phi) is 4.93. The fraction of sp³-hybridized carbons (Fsp3) is 0.412. The summed E-state index contributed by atoms with van der Waals surface area (Å²) in [5, 5.41) is 12.4. The van der Waals surface area contributed by atoms with E-state index >= 15 is 0 Å². The van der Waals surface area contributed by atoms with Gasteiger partial charge in [-0.2, -0.15) is 0 Å². The van der Waals surface area contributed by atoms with Crippen LogP contribution in [0.1, 0.15) is 23.8 Å². The predicted molar refractivity (Wildman–Crippen MR) is 89.3 cm³/mol. The Morgan fingerprint density at radius 3 is 2.70 bits per heavy atom. The Hall–Kier alpha value is -1.92. The summed E-state index contributed by atoms with van der Waals surface area (Å²) >= 11 is 1.57. The van der Waals surface area contributed by atoms with Crippen LogP contribution in [-0.2, 0) is 11.3 Å². The maximum absolute atomic E-state index is 12.3. The largest absolute Gasteiger partial charge is 0.387 e. The lowest BCUT2D eigenvalue weighted by molar-refractivity contribution is -0.133. The minimum Gasteiger partial charge on any atom is -0.387 e. The fourth-order valence-electron chi connectivity index (χ4n) is 2.99. The third-order valence-corrected chi connectivity index (χ3v) is 5.32. The molecule has 1 N–H and O–H groups in total. The molecule has 3 heterocycles. The van der Waals surface area contributed by atoms with Gasteiger partial charge in [-0.15, -0.1) is 11.3 Å². The zero-order valence-electron chi connectivity index (χ0n) is 12.8. The highest BCUT2D eigenvalue weighted by atomic mass is 32.1. The minimum absolute atomic E-state index is 0.0395. The van der Waals surface area contributed by atoms with E-state index in [1.54, 1.807) is 34.6 Å². The summed E-state index contributed by atoms with van der Waals surface area (Å²) in [6, 6.07) is 8.77. The normalized spacial score (nSPS) is 17.2. The van der Waals surface area contributed by atoms with Crippen molar-refractivity contribution in [3.8, 4) is 0 Å². The topological polar surface area (TPSA) is 62.5 Å². The second kappa shape index (κ2) is 7.10. The van der Waals surface area contributed by atoms with E-state index in [2.05, 4.69) is 0 Å². The van der Waals surface area contributed by atoms with Crippen LogP contribution in [-0.4, -0.2) is 33.6 Å². The van der Waals surface area contributed by atoms with Gasteiger partial charge in [-0.25, -0.2) is 0 Å². The first-order valence-corrected chi connectivity index (χ1v) is 8.68. The summed E-state index contributed by atoms with van der Waals surface area (Å²) in [6.07, 6.45) is 2.76. The Bertz CT molecular complexity index is 703. The molecule has 1 atom stereocenters. The van der Waals surface area contributed by atoms with Gasteiger partial charge in [-0.05, 0) is 36.3 Å². The highest BCUT2D eigenvalue weighted by molar-refractivity contribution is 7.10. The van der Waals surface area contributed by atoms with Gasteiger partial charge in [0.1, 0.15) is 6.54 Å². The van der Waals surface area contributed by atoms with Crippen LogP contribution in [0.25, 0.3) is 0 Å². The Morgan fingerprint density at radius 2 is 2.04 bits per heavy atom. The molecule has 23 heavy (non-hydrogen) atoms. The van der Waals surface area contributed by atoms with Crippen LogP contribution in [0.2, 0.25) is 0 Å². The zero-order valence-corrected chi connectivity index (χ0v) is 13.6. The number of likely N-dealkylation sites (tertiary alicyclic amines) is 1. The lowest BCUT2D eigenvalue weighted by Gasteiger charge is -2.34. The van der Waals surface area contributed by atoms with E-state index in [1.807, 2.05) is 17.5 Å². The maximum atomic E-state index is 12.3. The minimum atomic E-state index is -0.441. The van der Waals surface area contributed by atoms with Gasteiger partial charge in [0.05, 0.1) is 6.10 Å². The van der Waals surface area contributed by atoms with E-state index in [-0.39, 0.29) is 23.9 Å². The molecule has 5 nitrogen and oxygen atoms in total. The van der Waals surface area contributed by atoms with E-state index in [0.717, 1.165) is 17.7 Å². The molecule has 1 aliphatic heterocycles. The van der Waals surface area contributed by atoms with Crippen molar-refractivity contribution in [2.75, 3.05) is 13.1 Å². The monoisotopic (exact) mass is 332 g/mol. The number of piperidine rings is 1. The smallest absolute Gasteiger partial charge is 0.250 e. The Labute approximate surface area is 138 Å². The van der Waals surface area contributed by atoms with Crippen molar-refractivity contribution in [1.82, 2.24) is 9.47 Å². The van der Waals surface area contributed by atoms with Crippen molar-refractivity contribution in [3.05, 3.63) is 57.1 Å². The van der Waals surface area contributed by atoms with Gasteiger partial charge in [0.25, 0.3) is 5.56 Å². The van der Waals surface area contributed by atoms with Crippen molar-refractivity contribution in [2.45, 2.75) is 25.5 Å². The third-order valence-electron chi connectivity index (χ3n) is 4.38. The number of aliphatic hydroxyl groups is 1. The van der Waals surface area contributed by atoms with Crippen LogP contribution in [0, 0.1) is 5.92 Å². The quantitative estimate of drug-likeness (QED) is 0.930. The molecule has 1 saturated heterocycles. The van der Waals surface area contributed by atoms with Crippen molar-refractivity contribution in [1.29, 1.82) is 0 Å². The first kappa shape index (κ1) is 16.0. The molecule has 2 aromatic rings. The van der Waals surface area contributed by atoms with Crippen molar-refractivity contribution >= 4 is 17.2 Å². The molecule has 1 amide bonds. The average molecular weight is 332 g/mol. The van der Waals surface area contributed by atoms with Gasteiger partial charge >= 0.3 is 0 Å². The Morgan fingerprint density at radius 1 is 1.26 bits per heavy atom. The van der Waals surface area contributed by atoms with E-state index < -0.39 is 6.10 Å². The number of amides is 1. The highest BCUT2D eigenvalue weighted by Crippen LogP contribution is 2.32. The molecule has 3 rings (SSSR count). The van der Waals surface area contributed by atoms with E-state index in [1.165, 1.54) is 10.6 Å². The van der Waals surface area contributed by atoms with Crippen LogP contribution < -0.4 is 5.56 Å². The number of carbonyl (C=O) groups is 1. The van der Waals surface area contributed by atoms with Gasteiger partial charge in [-0.1, -0.05) is 12.1 Å². The lowest BCUT2D eigenvalue weighted by Crippen LogP contribution is -2.42. The van der Waals surface area contributed by atoms with Crippen LogP contribution in [0.3, 0.4) is 0 Å². The molecule has 0 bridgehead atoms. The average Bonchev–Trinajstić information content (AvgIpc) is 3.11. The van der Waals surface area contributed by atoms with Gasteiger partial charge in [0.2, 0.25) is 5.91 Å². The molecular weight excluding hydrogens is 312 g/mol. The molecule has 2 aromatic heterocycles. The number of aliphatic hydroxyl groups excluding tert-OH is 1. The highest BCUT2D eigenvalue weighted by Gasteiger charge is 2.28. The molecule has 0 radical (unpaired) electrons. The molecule has 0 saturated carbocycles. The molecule has 0 spiro atoms. The number of thiophene rings is 1.